The summed E-state index contributed by atoms with van der Waals surface area (Å²) in [7, 11) is 2.03. The summed E-state index contributed by atoms with van der Waals surface area (Å²) in [4.78, 5) is 19.0. The minimum absolute atomic E-state index is 0.0575. The zero-order valence-corrected chi connectivity index (χ0v) is 18.0. The first-order valence-corrected chi connectivity index (χ1v) is 10.7. The van der Waals surface area contributed by atoms with Gasteiger partial charge in [-0.1, -0.05) is 23.9 Å². The number of thioether (sulfide) groups is 1. The molecule has 0 spiro atoms. The quantitative estimate of drug-likeness (QED) is 0.723. The predicted octanol–water partition coefficient (Wildman–Crippen LogP) is 3.83. The molecule has 0 fully saturated rings. The van der Waals surface area contributed by atoms with E-state index >= 15 is 0 Å². The van der Waals surface area contributed by atoms with Crippen LogP contribution in [0.3, 0.4) is 0 Å². The molecule has 1 aliphatic heterocycles. The van der Waals surface area contributed by atoms with Crippen molar-refractivity contribution < 1.29 is 9.53 Å². The van der Waals surface area contributed by atoms with Crippen LogP contribution in [-0.4, -0.2) is 37.0 Å². The fourth-order valence-electron chi connectivity index (χ4n) is 3.14. The molecule has 6 nitrogen and oxygen atoms in total. The second-order valence-electron chi connectivity index (χ2n) is 7.25. The number of amidine groups is 1. The number of anilines is 2. The van der Waals surface area contributed by atoms with Crippen molar-refractivity contribution in [1.82, 2.24) is 0 Å². The van der Waals surface area contributed by atoms with Crippen LogP contribution in [0.5, 0.6) is 5.75 Å². The highest BCUT2D eigenvalue weighted by Crippen LogP contribution is 2.36. The van der Waals surface area contributed by atoms with Crippen molar-refractivity contribution in [2.75, 3.05) is 36.2 Å². The fourth-order valence-corrected chi connectivity index (χ4v) is 4.12. The molecule has 0 aromatic heterocycles. The lowest BCUT2D eigenvalue weighted by molar-refractivity contribution is -0.118. The highest BCUT2D eigenvalue weighted by atomic mass is 32.2. The van der Waals surface area contributed by atoms with E-state index in [0.29, 0.717) is 10.9 Å². The summed E-state index contributed by atoms with van der Waals surface area (Å²) >= 11 is 1.58. The van der Waals surface area contributed by atoms with Gasteiger partial charge in [-0.15, -0.1) is 0 Å². The van der Waals surface area contributed by atoms with Crippen LogP contribution in [0.25, 0.3) is 0 Å². The molecule has 1 unspecified atom stereocenters. The fraction of sp³-hybridized carbons (Fsp3) is 0.364. The lowest BCUT2D eigenvalue weighted by Crippen LogP contribution is -2.28. The van der Waals surface area contributed by atoms with Crippen molar-refractivity contribution in [3.05, 3.63) is 54.1 Å². The van der Waals surface area contributed by atoms with E-state index in [1.807, 2.05) is 55.6 Å². The van der Waals surface area contributed by atoms with Crippen LogP contribution in [0.1, 0.15) is 25.8 Å². The SMILES string of the molecule is CCN(C)c1ccc(NC(=O)COc2cccc(C3(C)CCSC(N)=N3)c2)cc1. The molecule has 0 radical (unpaired) electrons. The van der Waals surface area contributed by atoms with Crippen molar-refractivity contribution in [3.63, 3.8) is 0 Å². The van der Waals surface area contributed by atoms with Gasteiger partial charge in [-0.25, -0.2) is 0 Å². The van der Waals surface area contributed by atoms with Crippen LogP contribution in [-0.2, 0) is 10.3 Å². The van der Waals surface area contributed by atoms with E-state index in [9.17, 15) is 4.79 Å². The molecule has 1 aliphatic rings. The second-order valence-corrected chi connectivity index (χ2v) is 8.36. The maximum atomic E-state index is 12.3. The zero-order valence-electron chi connectivity index (χ0n) is 17.1. The molecule has 0 saturated heterocycles. The third kappa shape index (κ3) is 5.44. The average Bonchev–Trinajstić information content (AvgIpc) is 2.72. The molecular formula is C22H28N4O2S. The Hall–Kier alpha value is -2.67. The van der Waals surface area contributed by atoms with Gasteiger partial charge in [0.1, 0.15) is 5.75 Å². The Bertz CT molecular complexity index is 885. The van der Waals surface area contributed by atoms with Gasteiger partial charge in [0.2, 0.25) is 0 Å². The Morgan fingerprint density at radius 3 is 2.76 bits per heavy atom. The minimum Gasteiger partial charge on any atom is -0.484 e. The van der Waals surface area contributed by atoms with Gasteiger partial charge in [0.15, 0.2) is 11.8 Å². The predicted molar refractivity (Wildman–Crippen MR) is 122 cm³/mol. The smallest absolute Gasteiger partial charge is 0.262 e. The largest absolute Gasteiger partial charge is 0.484 e. The number of carbonyl (C=O) groups excluding carboxylic acids is 1. The van der Waals surface area contributed by atoms with Gasteiger partial charge in [-0.2, -0.15) is 0 Å². The van der Waals surface area contributed by atoms with Crippen LogP contribution in [0, 0.1) is 0 Å². The number of hydrogen-bond acceptors (Lipinski definition) is 6. The average molecular weight is 413 g/mol. The van der Waals surface area contributed by atoms with Gasteiger partial charge in [-0.3, -0.25) is 9.79 Å². The minimum atomic E-state index is -0.357. The highest BCUT2D eigenvalue weighted by molar-refractivity contribution is 8.13. The maximum Gasteiger partial charge on any atom is 0.262 e. The molecule has 0 aliphatic carbocycles. The molecule has 154 valence electrons. The molecular weight excluding hydrogens is 384 g/mol. The van der Waals surface area contributed by atoms with Crippen molar-refractivity contribution in [3.8, 4) is 5.75 Å². The molecule has 1 amide bonds. The van der Waals surface area contributed by atoms with Gasteiger partial charge in [-0.05, 0) is 62.2 Å². The van der Waals surface area contributed by atoms with E-state index < -0.39 is 0 Å². The number of hydrogen-bond donors (Lipinski definition) is 2. The number of carbonyl (C=O) groups is 1. The molecule has 0 bridgehead atoms. The van der Waals surface area contributed by atoms with Crippen molar-refractivity contribution in [1.29, 1.82) is 0 Å². The summed E-state index contributed by atoms with van der Waals surface area (Å²) in [5.74, 6) is 1.38. The lowest BCUT2D eigenvalue weighted by Gasteiger charge is -2.30. The number of ether oxygens (including phenoxy) is 1. The molecule has 1 atom stereocenters. The normalized spacial score (nSPS) is 18.7. The Kier molecular flexibility index (Phi) is 6.69. The van der Waals surface area contributed by atoms with Gasteiger partial charge in [0.25, 0.3) is 5.91 Å². The third-order valence-electron chi connectivity index (χ3n) is 5.09. The molecule has 3 N–H and O–H groups in total. The van der Waals surface area contributed by atoms with E-state index in [2.05, 4.69) is 29.1 Å². The number of amides is 1. The van der Waals surface area contributed by atoms with Crippen molar-refractivity contribution >= 4 is 34.2 Å². The summed E-state index contributed by atoms with van der Waals surface area (Å²) in [6.45, 7) is 5.04. The molecule has 7 heteroatoms. The van der Waals surface area contributed by atoms with E-state index in [0.717, 1.165) is 35.7 Å². The molecule has 29 heavy (non-hydrogen) atoms. The van der Waals surface area contributed by atoms with Crippen LogP contribution in [0.15, 0.2) is 53.5 Å². The second kappa shape index (κ2) is 9.22. The number of benzene rings is 2. The standard InChI is InChI=1S/C22H28N4O2S/c1-4-26(3)18-10-8-17(9-11-18)24-20(27)15-28-19-7-5-6-16(14-19)22(2)12-13-29-21(23)25-22/h5-11,14H,4,12-13,15H2,1-3H3,(H2,23,25)(H,24,27). The first-order chi connectivity index (χ1) is 13.9. The topological polar surface area (TPSA) is 80.0 Å². The third-order valence-corrected chi connectivity index (χ3v) is 5.88. The highest BCUT2D eigenvalue weighted by Gasteiger charge is 2.29. The van der Waals surface area contributed by atoms with E-state index in [1.165, 1.54) is 0 Å². The van der Waals surface area contributed by atoms with Crippen molar-refractivity contribution in [2.45, 2.75) is 25.8 Å². The molecule has 0 saturated carbocycles. The first kappa shape index (κ1) is 21.0. The Morgan fingerprint density at radius 1 is 1.31 bits per heavy atom. The first-order valence-electron chi connectivity index (χ1n) is 9.72. The summed E-state index contributed by atoms with van der Waals surface area (Å²) in [5, 5.41) is 3.48. The zero-order chi connectivity index (χ0) is 20.9. The van der Waals surface area contributed by atoms with Gasteiger partial charge in [0, 0.05) is 30.7 Å². The molecule has 3 rings (SSSR count). The van der Waals surface area contributed by atoms with Crippen LogP contribution < -0.4 is 20.7 Å². The van der Waals surface area contributed by atoms with Crippen LogP contribution in [0.2, 0.25) is 0 Å². The summed E-state index contributed by atoms with van der Waals surface area (Å²) in [6, 6.07) is 15.5. The van der Waals surface area contributed by atoms with Gasteiger partial charge >= 0.3 is 0 Å². The number of nitrogens with one attached hydrogen (secondary N) is 1. The van der Waals surface area contributed by atoms with Crippen LogP contribution >= 0.6 is 11.8 Å². The summed E-state index contributed by atoms with van der Waals surface area (Å²) in [6.07, 6.45) is 0.908. The Labute approximate surface area is 176 Å². The number of aliphatic imine (C=N–C) groups is 1. The number of nitrogens with zero attached hydrogens (tertiary/aromatic N) is 2. The maximum absolute atomic E-state index is 12.3. The Morgan fingerprint density at radius 2 is 2.07 bits per heavy atom. The molecule has 2 aromatic carbocycles. The van der Waals surface area contributed by atoms with Crippen molar-refractivity contribution in [2.24, 2.45) is 10.7 Å². The summed E-state index contributed by atoms with van der Waals surface area (Å²) < 4.78 is 5.72. The monoisotopic (exact) mass is 412 g/mol. The van der Waals surface area contributed by atoms with Gasteiger partial charge < -0.3 is 20.7 Å². The lowest BCUT2D eigenvalue weighted by atomic mass is 9.90. The van der Waals surface area contributed by atoms with E-state index in [4.69, 9.17) is 10.5 Å². The number of nitrogens with two attached hydrogens (primary N) is 1. The Balaban J connectivity index is 1.59. The number of rotatable bonds is 7. The molecule has 1 heterocycles. The van der Waals surface area contributed by atoms with Gasteiger partial charge in [0.05, 0.1) is 5.54 Å². The van der Waals surface area contributed by atoms with E-state index in [-0.39, 0.29) is 18.1 Å². The molecule has 2 aromatic rings. The van der Waals surface area contributed by atoms with E-state index in [1.54, 1.807) is 11.8 Å². The summed E-state index contributed by atoms with van der Waals surface area (Å²) in [5.41, 5.74) is 8.45. The van der Waals surface area contributed by atoms with Crippen LogP contribution in [0.4, 0.5) is 11.4 Å².